The third kappa shape index (κ3) is 9.59. The summed E-state index contributed by atoms with van der Waals surface area (Å²) >= 11 is 0. The van der Waals surface area contributed by atoms with Gasteiger partial charge in [0.1, 0.15) is 6.29 Å². The third-order valence-electron chi connectivity index (χ3n) is 2.15. The molecule has 0 saturated heterocycles. The van der Waals surface area contributed by atoms with Crippen molar-refractivity contribution in [2.75, 3.05) is 0 Å². The van der Waals surface area contributed by atoms with Crippen LogP contribution in [-0.4, -0.2) is 6.29 Å². The van der Waals surface area contributed by atoms with Gasteiger partial charge in [-0.25, -0.2) is 0 Å². The summed E-state index contributed by atoms with van der Waals surface area (Å²) in [5, 5.41) is 0. The van der Waals surface area contributed by atoms with Gasteiger partial charge in [0.15, 0.2) is 0 Å². The Hall–Kier alpha value is -0.330. The molecule has 1 heteroatoms. The zero-order valence-electron chi connectivity index (χ0n) is 9.81. The molecule has 13 heavy (non-hydrogen) atoms. The molecule has 0 aromatic carbocycles. The summed E-state index contributed by atoms with van der Waals surface area (Å²) in [5.74, 6) is 0.733. The summed E-state index contributed by atoms with van der Waals surface area (Å²) in [7, 11) is 0. The van der Waals surface area contributed by atoms with Crippen molar-refractivity contribution in [3.63, 3.8) is 0 Å². The fourth-order valence-electron chi connectivity index (χ4n) is 1.56. The molecule has 0 amide bonds. The van der Waals surface area contributed by atoms with Crippen LogP contribution in [0.4, 0.5) is 0 Å². The Kier molecular flexibility index (Phi) is 16.6. The monoisotopic (exact) mass is 186 g/mol. The molecule has 0 spiro atoms. The fraction of sp³-hybridized carbons (Fsp3) is 0.917. The number of rotatable bonds is 2. The molecule has 0 unspecified atom stereocenters. The van der Waals surface area contributed by atoms with E-state index in [4.69, 9.17) is 0 Å². The van der Waals surface area contributed by atoms with E-state index >= 15 is 0 Å². The number of aldehydes is 1. The highest BCUT2D eigenvalue weighted by molar-refractivity contribution is 5.49. The number of hydrogen-bond donors (Lipinski definition) is 0. The van der Waals surface area contributed by atoms with Crippen LogP contribution in [0.3, 0.4) is 0 Å². The molecule has 0 radical (unpaired) electrons. The highest BCUT2D eigenvalue weighted by Crippen LogP contribution is 2.24. The summed E-state index contributed by atoms with van der Waals surface area (Å²) in [6.45, 7) is 8.00. The second-order valence-corrected chi connectivity index (χ2v) is 2.91. The maximum absolute atomic E-state index is 10.1. The van der Waals surface area contributed by atoms with Crippen LogP contribution in [-0.2, 0) is 4.79 Å². The molecule has 1 fully saturated rings. The minimum atomic E-state index is 0.733. The standard InChI is InChI=1S/C8H14O.2C2H6/c9-7-6-8-4-2-1-3-5-8;2*1-2/h7-8H,1-6H2;2*1-2H3. The van der Waals surface area contributed by atoms with Crippen molar-refractivity contribution >= 4 is 6.29 Å². The van der Waals surface area contributed by atoms with E-state index in [0.29, 0.717) is 0 Å². The van der Waals surface area contributed by atoms with E-state index in [2.05, 4.69) is 0 Å². The molecule has 1 aliphatic rings. The SMILES string of the molecule is CC.CC.O=CCC1CCCCC1. The van der Waals surface area contributed by atoms with E-state index in [9.17, 15) is 4.79 Å². The Morgan fingerprint density at radius 3 is 1.85 bits per heavy atom. The first-order valence-corrected chi connectivity index (χ1v) is 5.87. The Balaban J connectivity index is 0. The number of carbonyl (C=O) groups is 1. The van der Waals surface area contributed by atoms with Gasteiger partial charge in [0.05, 0.1) is 0 Å². The second kappa shape index (κ2) is 14.2. The third-order valence-corrected chi connectivity index (χ3v) is 2.15. The summed E-state index contributed by atoms with van der Waals surface area (Å²) in [6.07, 6.45) is 8.53. The maximum atomic E-state index is 10.1. The Morgan fingerprint density at radius 1 is 1.00 bits per heavy atom. The van der Waals surface area contributed by atoms with Gasteiger partial charge in [-0.1, -0.05) is 59.8 Å². The summed E-state index contributed by atoms with van der Waals surface area (Å²) in [6, 6.07) is 0. The van der Waals surface area contributed by atoms with Crippen LogP contribution in [0, 0.1) is 5.92 Å². The predicted octanol–water partition coefficient (Wildman–Crippen LogP) is 4.21. The molecular formula is C12H26O. The van der Waals surface area contributed by atoms with Crippen molar-refractivity contribution in [1.82, 2.24) is 0 Å². The lowest BCUT2D eigenvalue weighted by Crippen LogP contribution is -2.05. The molecule has 80 valence electrons. The first-order chi connectivity index (χ1) is 6.43. The smallest absolute Gasteiger partial charge is 0.120 e. The summed E-state index contributed by atoms with van der Waals surface area (Å²) in [5.41, 5.74) is 0. The number of carbonyl (C=O) groups excluding carboxylic acids is 1. The Labute approximate surface area is 83.9 Å². The highest BCUT2D eigenvalue weighted by Gasteiger charge is 2.11. The molecular weight excluding hydrogens is 160 g/mol. The molecule has 1 rings (SSSR count). The average molecular weight is 186 g/mol. The zero-order chi connectivity index (χ0) is 10.5. The normalized spacial score (nSPS) is 16.0. The van der Waals surface area contributed by atoms with Crippen LogP contribution in [0.2, 0.25) is 0 Å². The van der Waals surface area contributed by atoms with E-state index in [-0.39, 0.29) is 0 Å². The van der Waals surface area contributed by atoms with Crippen molar-refractivity contribution in [3.05, 3.63) is 0 Å². The van der Waals surface area contributed by atoms with Crippen LogP contribution in [0.15, 0.2) is 0 Å². The molecule has 1 saturated carbocycles. The molecule has 0 aliphatic heterocycles. The number of hydrogen-bond acceptors (Lipinski definition) is 1. The second-order valence-electron chi connectivity index (χ2n) is 2.91. The van der Waals surface area contributed by atoms with Crippen molar-refractivity contribution in [2.45, 2.75) is 66.2 Å². The van der Waals surface area contributed by atoms with Crippen LogP contribution in [0.5, 0.6) is 0 Å². The van der Waals surface area contributed by atoms with Gasteiger partial charge in [-0.15, -0.1) is 0 Å². The van der Waals surface area contributed by atoms with Crippen molar-refractivity contribution in [1.29, 1.82) is 0 Å². The van der Waals surface area contributed by atoms with Gasteiger partial charge in [0.2, 0.25) is 0 Å². The van der Waals surface area contributed by atoms with Crippen LogP contribution in [0.1, 0.15) is 66.2 Å². The molecule has 0 bridgehead atoms. The fourth-order valence-corrected chi connectivity index (χ4v) is 1.56. The van der Waals surface area contributed by atoms with E-state index < -0.39 is 0 Å². The predicted molar refractivity (Wildman–Crippen MR) is 60.0 cm³/mol. The lowest BCUT2D eigenvalue weighted by Gasteiger charge is -2.18. The lowest BCUT2D eigenvalue weighted by molar-refractivity contribution is -0.108. The van der Waals surface area contributed by atoms with Crippen molar-refractivity contribution in [3.8, 4) is 0 Å². The Bertz CT molecular complexity index is 83.1. The van der Waals surface area contributed by atoms with Crippen LogP contribution < -0.4 is 0 Å². The van der Waals surface area contributed by atoms with Gasteiger partial charge in [0, 0.05) is 6.42 Å². The molecule has 1 nitrogen and oxygen atoms in total. The molecule has 0 N–H and O–H groups in total. The largest absolute Gasteiger partial charge is 0.303 e. The van der Waals surface area contributed by atoms with Crippen molar-refractivity contribution in [2.24, 2.45) is 5.92 Å². The zero-order valence-corrected chi connectivity index (χ0v) is 9.81. The van der Waals surface area contributed by atoms with Gasteiger partial charge >= 0.3 is 0 Å². The quantitative estimate of drug-likeness (QED) is 0.590. The van der Waals surface area contributed by atoms with Gasteiger partial charge in [-0.05, 0) is 5.92 Å². The Morgan fingerprint density at radius 2 is 1.46 bits per heavy atom. The van der Waals surface area contributed by atoms with E-state index in [1.165, 1.54) is 32.1 Å². The average Bonchev–Trinajstić information content (AvgIpc) is 2.26. The molecule has 1 aliphatic carbocycles. The first kappa shape index (κ1) is 15.2. The minimum Gasteiger partial charge on any atom is -0.303 e. The van der Waals surface area contributed by atoms with Crippen LogP contribution >= 0.6 is 0 Å². The summed E-state index contributed by atoms with van der Waals surface area (Å²) < 4.78 is 0. The van der Waals surface area contributed by atoms with Gasteiger partial charge < -0.3 is 4.79 Å². The van der Waals surface area contributed by atoms with Gasteiger partial charge in [-0.3, -0.25) is 0 Å². The summed E-state index contributed by atoms with van der Waals surface area (Å²) in [4.78, 5) is 10.1. The minimum absolute atomic E-state index is 0.733. The molecule has 0 aromatic heterocycles. The van der Waals surface area contributed by atoms with Crippen molar-refractivity contribution < 1.29 is 4.79 Å². The molecule has 0 atom stereocenters. The van der Waals surface area contributed by atoms with Gasteiger partial charge in [-0.2, -0.15) is 0 Å². The van der Waals surface area contributed by atoms with Crippen LogP contribution in [0.25, 0.3) is 0 Å². The van der Waals surface area contributed by atoms with E-state index in [0.717, 1.165) is 18.6 Å². The highest BCUT2D eigenvalue weighted by atomic mass is 16.1. The van der Waals surface area contributed by atoms with E-state index in [1.54, 1.807) is 0 Å². The lowest BCUT2D eigenvalue weighted by atomic mass is 9.87. The first-order valence-electron chi connectivity index (χ1n) is 5.87. The van der Waals surface area contributed by atoms with E-state index in [1.807, 2.05) is 27.7 Å². The molecule has 0 heterocycles. The van der Waals surface area contributed by atoms with Gasteiger partial charge in [0.25, 0.3) is 0 Å². The maximum Gasteiger partial charge on any atom is 0.120 e. The molecule has 0 aromatic rings. The topological polar surface area (TPSA) is 17.1 Å².